The van der Waals surface area contributed by atoms with Gasteiger partial charge in [0.1, 0.15) is 5.75 Å². The largest absolute Gasteiger partial charge is 0.439 e. The van der Waals surface area contributed by atoms with Gasteiger partial charge in [-0.15, -0.1) is 0 Å². The van der Waals surface area contributed by atoms with Gasteiger partial charge < -0.3 is 15.4 Å². The highest BCUT2D eigenvalue weighted by molar-refractivity contribution is 5.92. The minimum absolute atomic E-state index is 0.00212. The van der Waals surface area contributed by atoms with Crippen molar-refractivity contribution in [1.82, 2.24) is 10.3 Å². The van der Waals surface area contributed by atoms with Crippen molar-refractivity contribution >= 4 is 11.6 Å². The third kappa shape index (κ3) is 3.74. The van der Waals surface area contributed by atoms with E-state index in [9.17, 15) is 4.79 Å². The number of anilines is 1. The maximum absolute atomic E-state index is 12.2. The van der Waals surface area contributed by atoms with Gasteiger partial charge in [-0.05, 0) is 62.2 Å². The van der Waals surface area contributed by atoms with E-state index < -0.39 is 0 Å². The number of pyridine rings is 1. The van der Waals surface area contributed by atoms with Crippen molar-refractivity contribution in [3.63, 3.8) is 0 Å². The molecule has 0 aliphatic carbocycles. The summed E-state index contributed by atoms with van der Waals surface area (Å²) in [5, 5.41) is 6.10. The van der Waals surface area contributed by atoms with Crippen LogP contribution in [-0.2, 0) is 4.79 Å². The van der Waals surface area contributed by atoms with Crippen LogP contribution >= 0.6 is 0 Å². The van der Waals surface area contributed by atoms with E-state index in [1.165, 1.54) is 11.1 Å². The molecule has 2 heterocycles. The van der Waals surface area contributed by atoms with Gasteiger partial charge in [0.2, 0.25) is 11.8 Å². The van der Waals surface area contributed by atoms with Crippen LogP contribution in [0.1, 0.15) is 18.1 Å². The van der Waals surface area contributed by atoms with Crippen LogP contribution in [0.5, 0.6) is 11.6 Å². The Morgan fingerprint density at radius 2 is 2.04 bits per heavy atom. The van der Waals surface area contributed by atoms with Crippen LogP contribution in [0.2, 0.25) is 0 Å². The number of carbonyl (C=O) groups is 1. The second-order valence-corrected chi connectivity index (χ2v) is 6.43. The average molecular weight is 325 g/mol. The first-order valence-electron chi connectivity index (χ1n) is 8.25. The predicted molar refractivity (Wildman–Crippen MR) is 94.4 cm³/mol. The number of nitrogens with one attached hydrogen (secondary N) is 2. The van der Waals surface area contributed by atoms with Gasteiger partial charge in [-0.3, -0.25) is 4.79 Å². The van der Waals surface area contributed by atoms with Crippen LogP contribution in [0.25, 0.3) is 0 Å². The third-order valence-electron chi connectivity index (χ3n) is 4.64. The lowest BCUT2D eigenvalue weighted by Crippen LogP contribution is -2.48. The van der Waals surface area contributed by atoms with Crippen LogP contribution in [0.15, 0.2) is 36.5 Å². The van der Waals surface area contributed by atoms with Crippen LogP contribution in [0.4, 0.5) is 5.69 Å². The van der Waals surface area contributed by atoms with Crippen molar-refractivity contribution in [3.05, 3.63) is 47.7 Å². The minimum Gasteiger partial charge on any atom is -0.439 e. The number of carbonyl (C=O) groups excluding carboxylic acids is 1. The molecule has 5 nitrogen and oxygen atoms in total. The van der Waals surface area contributed by atoms with E-state index in [4.69, 9.17) is 4.74 Å². The zero-order chi connectivity index (χ0) is 17.1. The summed E-state index contributed by atoms with van der Waals surface area (Å²) in [7, 11) is 0. The topological polar surface area (TPSA) is 63.2 Å². The summed E-state index contributed by atoms with van der Waals surface area (Å²) in [6, 6.07) is 9.51. The monoisotopic (exact) mass is 325 g/mol. The van der Waals surface area contributed by atoms with Crippen LogP contribution in [0.3, 0.4) is 0 Å². The summed E-state index contributed by atoms with van der Waals surface area (Å²) in [5.41, 5.74) is 3.09. The molecule has 1 atom stereocenters. The van der Waals surface area contributed by atoms with E-state index in [0.29, 0.717) is 17.5 Å². The molecule has 1 aromatic carbocycles. The first-order chi connectivity index (χ1) is 11.5. The molecule has 1 saturated heterocycles. The molecule has 2 aromatic rings. The molecule has 1 fully saturated rings. The fraction of sp³-hybridized carbons (Fsp3) is 0.368. The van der Waals surface area contributed by atoms with Gasteiger partial charge in [-0.25, -0.2) is 4.98 Å². The summed E-state index contributed by atoms with van der Waals surface area (Å²) in [5.74, 6) is 1.72. The Morgan fingerprint density at radius 1 is 1.25 bits per heavy atom. The molecule has 0 spiro atoms. The van der Waals surface area contributed by atoms with E-state index in [1.54, 1.807) is 12.3 Å². The van der Waals surface area contributed by atoms with Crippen molar-refractivity contribution in [2.24, 2.45) is 11.8 Å². The Kier molecular flexibility index (Phi) is 4.81. The molecule has 0 radical (unpaired) electrons. The number of aromatic nitrogens is 1. The minimum atomic E-state index is -0.00212. The summed E-state index contributed by atoms with van der Waals surface area (Å²) in [6.07, 6.45) is 1.63. The quantitative estimate of drug-likeness (QED) is 0.885. The number of benzene rings is 1. The van der Waals surface area contributed by atoms with E-state index in [1.807, 2.05) is 38.1 Å². The van der Waals surface area contributed by atoms with Crippen LogP contribution in [0, 0.1) is 25.7 Å². The van der Waals surface area contributed by atoms with E-state index >= 15 is 0 Å². The van der Waals surface area contributed by atoms with Gasteiger partial charge in [0, 0.05) is 12.0 Å². The van der Waals surface area contributed by atoms with E-state index in [2.05, 4.69) is 22.5 Å². The molecular weight excluding hydrogens is 302 g/mol. The van der Waals surface area contributed by atoms with Gasteiger partial charge in [0.25, 0.3) is 0 Å². The molecule has 3 rings (SSSR count). The lowest BCUT2D eigenvalue weighted by molar-refractivity contribution is -0.121. The normalized spacial score (nSPS) is 15.5. The highest BCUT2D eigenvalue weighted by atomic mass is 16.5. The maximum Gasteiger partial charge on any atom is 0.227 e. The fourth-order valence-corrected chi connectivity index (χ4v) is 2.55. The summed E-state index contributed by atoms with van der Waals surface area (Å²) >= 11 is 0. The smallest absolute Gasteiger partial charge is 0.227 e. The zero-order valence-electron chi connectivity index (χ0n) is 14.3. The average Bonchev–Trinajstić information content (AvgIpc) is 2.51. The molecule has 0 saturated carbocycles. The first kappa shape index (κ1) is 16.5. The van der Waals surface area contributed by atoms with E-state index in [-0.39, 0.29) is 11.8 Å². The number of ether oxygens (including phenoxy) is 1. The Bertz CT molecular complexity index is 724. The molecular formula is C19H23N3O2. The van der Waals surface area contributed by atoms with E-state index in [0.717, 1.165) is 18.8 Å². The Morgan fingerprint density at radius 3 is 2.62 bits per heavy atom. The highest BCUT2D eigenvalue weighted by Crippen LogP contribution is 2.23. The molecule has 1 unspecified atom stereocenters. The van der Waals surface area contributed by atoms with Crippen molar-refractivity contribution < 1.29 is 9.53 Å². The second-order valence-electron chi connectivity index (χ2n) is 6.43. The van der Waals surface area contributed by atoms with Gasteiger partial charge in [0.05, 0.1) is 11.9 Å². The number of hydrogen-bond acceptors (Lipinski definition) is 4. The van der Waals surface area contributed by atoms with Gasteiger partial charge >= 0.3 is 0 Å². The number of rotatable bonds is 5. The SMILES string of the molecule is Cc1ccc(Oc2ccc(NC(=O)C(C)C3CNC3)cn2)cc1C. The molecule has 1 aliphatic heterocycles. The number of nitrogens with zero attached hydrogens (tertiary/aromatic N) is 1. The van der Waals surface area contributed by atoms with Crippen molar-refractivity contribution in [3.8, 4) is 11.6 Å². The second kappa shape index (κ2) is 7.01. The number of aryl methyl sites for hydroxylation is 2. The molecule has 1 aliphatic rings. The third-order valence-corrected chi connectivity index (χ3v) is 4.64. The highest BCUT2D eigenvalue weighted by Gasteiger charge is 2.28. The molecule has 5 heteroatoms. The molecule has 2 N–H and O–H groups in total. The lowest BCUT2D eigenvalue weighted by Gasteiger charge is -2.31. The van der Waals surface area contributed by atoms with Crippen molar-refractivity contribution in [2.75, 3.05) is 18.4 Å². The Balaban J connectivity index is 1.60. The lowest BCUT2D eigenvalue weighted by atomic mass is 9.88. The molecule has 0 bridgehead atoms. The Labute approximate surface area is 142 Å². The first-order valence-corrected chi connectivity index (χ1v) is 8.25. The van der Waals surface area contributed by atoms with Gasteiger partial charge in [-0.1, -0.05) is 13.0 Å². The molecule has 1 aromatic heterocycles. The van der Waals surface area contributed by atoms with Crippen molar-refractivity contribution in [2.45, 2.75) is 20.8 Å². The molecule has 1 amide bonds. The number of amides is 1. The number of hydrogen-bond donors (Lipinski definition) is 2. The molecule has 126 valence electrons. The Hall–Kier alpha value is -2.40. The van der Waals surface area contributed by atoms with Gasteiger partial charge in [0.15, 0.2) is 0 Å². The van der Waals surface area contributed by atoms with Crippen LogP contribution in [-0.4, -0.2) is 24.0 Å². The molecule has 24 heavy (non-hydrogen) atoms. The maximum atomic E-state index is 12.2. The summed E-state index contributed by atoms with van der Waals surface area (Å²) < 4.78 is 5.75. The van der Waals surface area contributed by atoms with Gasteiger partial charge in [-0.2, -0.15) is 0 Å². The predicted octanol–water partition coefficient (Wildman–Crippen LogP) is 3.28. The fourth-order valence-electron chi connectivity index (χ4n) is 2.55. The van der Waals surface area contributed by atoms with Crippen molar-refractivity contribution in [1.29, 1.82) is 0 Å². The van der Waals surface area contributed by atoms with Crippen LogP contribution < -0.4 is 15.4 Å². The summed E-state index contributed by atoms with van der Waals surface area (Å²) in [4.78, 5) is 16.5. The summed E-state index contributed by atoms with van der Waals surface area (Å²) in [6.45, 7) is 7.90. The standard InChI is InChI=1S/C19H23N3O2/c1-12-4-6-17(8-13(12)2)24-18-7-5-16(11-21-18)22-19(23)14(3)15-9-20-10-15/h4-8,11,14-15,20H,9-10H2,1-3H3,(H,22,23). The zero-order valence-corrected chi connectivity index (χ0v) is 14.3.